The fourth-order valence-corrected chi connectivity index (χ4v) is 1.44. The van der Waals surface area contributed by atoms with Gasteiger partial charge in [-0.25, -0.2) is 0 Å². The minimum absolute atomic E-state index is 0.685. The molecule has 0 saturated heterocycles. The molecule has 1 aromatic heterocycles. The quantitative estimate of drug-likeness (QED) is 0.606. The van der Waals surface area contributed by atoms with Gasteiger partial charge in [-0.3, -0.25) is 9.69 Å². The molecule has 0 bridgehead atoms. The molecule has 1 amide bonds. The van der Waals surface area contributed by atoms with Crippen LogP contribution in [0.1, 0.15) is 6.92 Å². The summed E-state index contributed by atoms with van der Waals surface area (Å²) in [5, 5.41) is 2.90. The lowest BCUT2D eigenvalue weighted by Gasteiger charge is -2.08. The molecule has 0 saturated carbocycles. The highest BCUT2D eigenvalue weighted by atomic mass is 32.1. The molecule has 2 nitrogen and oxygen atoms in total. The first-order valence-corrected chi connectivity index (χ1v) is 3.95. The second-order valence-electron chi connectivity index (χ2n) is 1.79. The van der Waals surface area contributed by atoms with Gasteiger partial charge in [0.2, 0.25) is 0 Å². The van der Waals surface area contributed by atoms with Crippen LogP contribution in [0.15, 0.2) is 17.5 Å². The van der Waals surface area contributed by atoms with Crippen molar-refractivity contribution in [2.24, 2.45) is 0 Å². The molecule has 3 heteroatoms. The summed E-state index contributed by atoms with van der Waals surface area (Å²) >= 11 is 1.54. The van der Waals surface area contributed by atoms with Crippen LogP contribution in [0, 0.1) is 0 Å². The summed E-state index contributed by atoms with van der Waals surface area (Å²) < 4.78 is 0. The van der Waals surface area contributed by atoms with Gasteiger partial charge >= 0.3 is 6.41 Å². The van der Waals surface area contributed by atoms with Crippen molar-refractivity contribution in [1.29, 1.82) is 0 Å². The van der Waals surface area contributed by atoms with Crippen LogP contribution in [-0.4, -0.2) is 13.0 Å². The summed E-state index contributed by atoms with van der Waals surface area (Å²) in [7, 11) is 0. The van der Waals surface area contributed by atoms with E-state index >= 15 is 0 Å². The molecule has 0 N–H and O–H groups in total. The number of rotatable bonds is 3. The van der Waals surface area contributed by atoms with E-state index in [0.717, 1.165) is 5.00 Å². The third-order valence-electron chi connectivity index (χ3n) is 1.20. The zero-order chi connectivity index (χ0) is 7.40. The highest BCUT2D eigenvalue weighted by molar-refractivity contribution is 7.14. The predicted molar refractivity (Wildman–Crippen MR) is 43.0 cm³/mol. The zero-order valence-electron chi connectivity index (χ0n) is 5.70. The Morgan fingerprint density at radius 1 is 1.80 bits per heavy atom. The van der Waals surface area contributed by atoms with E-state index in [0.29, 0.717) is 6.54 Å². The Morgan fingerprint density at radius 3 is 3.00 bits per heavy atom. The van der Waals surface area contributed by atoms with E-state index in [1.54, 1.807) is 16.2 Å². The van der Waals surface area contributed by atoms with Gasteiger partial charge in [0.1, 0.15) is 0 Å². The molecule has 1 radical (unpaired) electrons. The first-order chi connectivity index (χ1) is 4.88. The Hall–Kier alpha value is -0.830. The first kappa shape index (κ1) is 7.28. The molecule has 0 unspecified atom stereocenters. The minimum Gasteiger partial charge on any atom is -0.296 e. The molecule has 1 rings (SSSR count). The molecule has 1 aromatic rings. The van der Waals surface area contributed by atoms with Gasteiger partial charge in [-0.2, -0.15) is 0 Å². The molecule has 53 valence electrons. The molecule has 1 heterocycles. The van der Waals surface area contributed by atoms with Crippen LogP contribution in [0.4, 0.5) is 5.00 Å². The van der Waals surface area contributed by atoms with Crippen LogP contribution in [0.5, 0.6) is 0 Å². The van der Waals surface area contributed by atoms with Gasteiger partial charge in [0.25, 0.3) is 0 Å². The van der Waals surface area contributed by atoms with Gasteiger partial charge in [0, 0.05) is 6.54 Å². The second-order valence-corrected chi connectivity index (χ2v) is 2.71. The molecule has 0 aliphatic carbocycles. The predicted octanol–water partition coefficient (Wildman–Crippen LogP) is 1.64. The van der Waals surface area contributed by atoms with Crippen molar-refractivity contribution < 1.29 is 4.79 Å². The van der Waals surface area contributed by atoms with Crippen LogP contribution >= 0.6 is 11.3 Å². The number of nitrogens with zero attached hydrogens (tertiary/aromatic N) is 1. The van der Waals surface area contributed by atoms with E-state index in [-0.39, 0.29) is 0 Å². The number of amides is 1. The average molecular weight is 154 g/mol. The smallest absolute Gasteiger partial charge is 0.296 e. The Balaban J connectivity index is 2.73. The van der Waals surface area contributed by atoms with E-state index < -0.39 is 0 Å². The van der Waals surface area contributed by atoms with Gasteiger partial charge in [0.15, 0.2) is 0 Å². The van der Waals surface area contributed by atoms with E-state index in [9.17, 15) is 4.79 Å². The number of hydrogen-bond donors (Lipinski definition) is 0. The lowest BCUT2D eigenvalue weighted by Crippen LogP contribution is -2.18. The summed E-state index contributed by atoms with van der Waals surface area (Å²) in [6.07, 6.45) is 1.85. The van der Waals surface area contributed by atoms with Crippen molar-refractivity contribution in [3.63, 3.8) is 0 Å². The molecular formula is C7H8NOS. The fourth-order valence-electron chi connectivity index (χ4n) is 0.689. The van der Waals surface area contributed by atoms with Gasteiger partial charge in [-0.1, -0.05) is 0 Å². The number of thiophene rings is 1. The maximum absolute atomic E-state index is 10.2. The van der Waals surface area contributed by atoms with Gasteiger partial charge in [-0.05, 0) is 24.4 Å². The normalized spacial score (nSPS) is 9.30. The van der Waals surface area contributed by atoms with Gasteiger partial charge < -0.3 is 0 Å². The molecule has 10 heavy (non-hydrogen) atoms. The molecule has 0 aliphatic heterocycles. The van der Waals surface area contributed by atoms with Crippen molar-refractivity contribution in [1.82, 2.24) is 0 Å². The average Bonchev–Trinajstić information content (AvgIpc) is 2.43. The lowest BCUT2D eigenvalue weighted by atomic mass is 10.5. The van der Waals surface area contributed by atoms with Crippen LogP contribution in [0.25, 0.3) is 0 Å². The summed E-state index contributed by atoms with van der Waals surface area (Å²) in [5.74, 6) is 0. The molecule has 0 fully saturated rings. The topological polar surface area (TPSA) is 20.3 Å². The summed E-state index contributed by atoms with van der Waals surface area (Å²) in [4.78, 5) is 11.8. The Morgan fingerprint density at radius 2 is 2.60 bits per heavy atom. The Bertz CT molecular complexity index is 195. The Kier molecular flexibility index (Phi) is 2.45. The monoisotopic (exact) mass is 154 g/mol. The lowest BCUT2D eigenvalue weighted by molar-refractivity contribution is 0.552. The minimum atomic E-state index is 0.685. The Labute approximate surface area is 64.1 Å². The standard InChI is InChI=1S/C7H8NOS/c1-2-8(6-9)7-4-3-5-10-7/h3-5H,2H2,1H3. The fraction of sp³-hybridized carbons (Fsp3) is 0.286. The third kappa shape index (κ3) is 1.36. The second kappa shape index (κ2) is 3.37. The van der Waals surface area contributed by atoms with Crippen molar-refractivity contribution in [2.45, 2.75) is 6.92 Å². The summed E-state index contributed by atoms with van der Waals surface area (Å²) in [6, 6.07) is 3.82. The molecule has 0 atom stereocenters. The van der Waals surface area contributed by atoms with E-state index in [1.807, 2.05) is 30.8 Å². The number of carbonyl (C=O) groups excluding carboxylic acids is 1. The van der Waals surface area contributed by atoms with E-state index in [2.05, 4.69) is 0 Å². The van der Waals surface area contributed by atoms with Crippen LogP contribution < -0.4 is 4.90 Å². The van der Waals surface area contributed by atoms with Crippen molar-refractivity contribution in [3.05, 3.63) is 17.5 Å². The largest absolute Gasteiger partial charge is 0.317 e. The van der Waals surface area contributed by atoms with Crippen LogP contribution in [0.3, 0.4) is 0 Å². The zero-order valence-corrected chi connectivity index (χ0v) is 6.52. The molecule has 0 aliphatic rings. The van der Waals surface area contributed by atoms with Gasteiger partial charge in [0.05, 0.1) is 5.00 Å². The maximum Gasteiger partial charge on any atom is 0.317 e. The molecular weight excluding hydrogens is 146 g/mol. The van der Waals surface area contributed by atoms with E-state index in [4.69, 9.17) is 0 Å². The molecule has 0 spiro atoms. The van der Waals surface area contributed by atoms with Crippen molar-refractivity contribution in [2.75, 3.05) is 11.4 Å². The first-order valence-electron chi connectivity index (χ1n) is 3.07. The highest BCUT2D eigenvalue weighted by Gasteiger charge is 2.01. The van der Waals surface area contributed by atoms with Crippen LogP contribution in [-0.2, 0) is 4.79 Å². The summed E-state index contributed by atoms with van der Waals surface area (Å²) in [5.41, 5.74) is 0. The SMILES string of the molecule is CCN([C]=O)c1cccs1. The van der Waals surface area contributed by atoms with Crippen molar-refractivity contribution in [3.8, 4) is 0 Å². The maximum atomic E-state index is 10.2. The summed E-state index contributed by atoms with van der Waals surface area (Å²) in [6.45, 7) is 2.61. The number of anilines is 1. The van der Waals surface area contributed by atoms with Gasteiger partial charge in [-0.15, -0.1) is 11.3 Å². The van der Waals surface area contributed by atoms with Crippen LogP contribution in [0.2, 0.25) is 0 Å². The van der Waals surface area contributed by atoms with E-state index in [1.165, 1.54) is 0 Å². The highest BCUT2D eigenvalue weighted by Crippen LogP contribution is 2.18. The number of hydrogen-bond acceptors (Lipinski definition) is 2. The van der Waals surface area contributed by atoms with Crippen molar-refractivity contribution >= 4 is 22.7 Å². The third-order valence-corrected chi connectivity index (χ3v) is 2.09. The molecule has 0 aromatic carbocycles.